The molecule has 0 aromatic heterocycles. The summed E-state index contributed by atoms with van der Waals surface area (Å²) in [7, 11) is 0. The summed E-state index contributed by atoms with van der Waals surface area (Å²) in [6.07, 6.45) is -4.67. The van der Waals surface area contributed by atoms with Crippen LogP contribution in [0, 0.1) is 11.8 Å². The molecular weight excluding hydrogens is 576 g/mol. The fraction of sp³-hybridized carbons (Fsp3) is 0.250. The number of nitrogens with zero attached hydrogens (tertiary/aromatic N) is 1. The predicted octanol–water partition coefficient (Wildman–Crippen LogP) is 6.28. The minimum Gasteiger partial charge on any atom is -0.323 e. The molecule has 11 heteroatoms. The van der Waals surface area contributed by atoms with E-state index in [1.54, 1.807) is 48.5 Å². The Kier molecular flexibility index (Phi) is 5.68. The van der Waals surface area contributed by atoms with Crippen LogP contribution < -0.4 is 5.32 Å². The first kappa shape index (κ1) is 26.2. The topological polar surface area (TPSA) is 66.5 Å². The van der Waals surface area contributed by atoms with E-state index in [2.05, 4.69) is 5.32 Å². The maximum absolute atomic E-state index is 14.0. The summed E-state index contributed by atoms with van der Waals surface area (Å²) in [5.74, 6) is -4.49. The van der Waals surface area contributed by atoms with Gasteiger partial charge in [0, 0.05) is 0 Å². The molecule has 2 bridgehead atoms. The van der Waals surface area contributed by atoms with Crippen LogP contribution in [-0.2, 0) is 30.3 Å². The van der Waals surface area contributed by atoms with E-state index in [1.165, 1.54) is 6.92 Å². The molecule has 3 aromatic rings. The number of anilines is 1. The summed E-state index contributed by atoms with van der Waals surface area (Å²) in [6.45, 7) is 1.31. The number of nitrogens with one attached hydrogen (secondary N) is 1. The smallest absolute Gasteiger partial charge is 0.323 e. The van der Waals surface area contributed by atoms with Crippen LogP contribution in [0.4, 0.5) is 18.9 Å². The Bertz CT molecular complexity index is 1470. The van der Waals surface area contributed by atoms with Crippen molar-refractivity contribution in [2.45, 2.75) is 28.9 Å². The van der Waals surface area contributed by atoms with Crippen LogP contribution in [0.5, 0.6) is 0 Å². The monoisotopic (exact) mass is 592 g/mol. The lowest BCUT2D eigenvalue weighted by molar-refractivity contribution is -0.146. The van der Waals surface area contributed by atoms with E-state index in [0.29, 0.717) is 28.3 Å². The van der Waals surface area contributed by atoms with E-state index < -0.39 is 57.1 Å². The molecule has 4 aliphatic rings. The predicted molar refractivity (Wildman–Crippen MR) is 140 cm³/mol. The van der Waals surface area contributed by atoms with Crippen molar-refractivity contribution in [2.24, 2.45) is 11.8 Å². The average molecular weight is 594 g/mol. The lowest BCUT2D eigenvalue weighted by Gasteiger charge is -2.54. The van der Waals surface area contributed by atoms with Gasteiger partial charge in [-0.25, -0.2) is 0 Å². The van der Waals surface area contributed by atoms with Crippen molar-refractivity contribution in [3.05, 3.63) is 99.6 Å². The number of likely N-dealkylation sites (tertiary alicyclic amines) is 1. The number of hydrogen-bond donors (Lipinski definition) is 1. The summed E-state index contributed by atoms with van der Waals surface area (Å²) in [5.41, 5.74) is 1.11. The normalized spacial score (nSPS) is 27.6. The Morgan fingerprint density at radius 2 is 1.31 bits per heavy atom. The second-order valence-electron chi connectivity index (χ2n) is 9.87. The molecule has 0 radical (unpaired) electrons. The standard InChI is InChI=1S/C28H18Cl3F3N2O3/c1-13(23(37)35-20-12-14(28(32,33)34)10-11-19(20)29)36-24(38)21-22(25(36)39)27(31)16-7-3-2-6-15(16)26(21,30)17-8-4-5-9-18(17)27/h2-13,21-22H,1H3,(H,35,37)/t13-,21+,22+,26?,27?/m1/s1. The number of alkyl halides is 5. The zero-order valence-electron chi connectivity index (χ0n) is 20.0. The Labute approximate surface area is 235 Å². The third-order valence-corrected chi connectivity index (χ3v) is 9.55. The molecular formula is C28H18Cl3F3N2O3. The van der Waals surface area contributed by atoms with Gasteiger partial charge in [-0.15, -0.1) is 23.2 Å². The highest BCUT2D eigenvalue weighted by Crippen LogP contribution is 2.69. The van der Waals surface area contributed by atoms with Gasteiger partial charge in [-0.3, -0.25) is 19.3 Å². The lowest BCUT2D eigenvalue weighted by atomic mass is 9.54. The number of benzene rings is 3. The molecule has 1 aliphatic heterocycles. The fourth-order valence-corrected chi connectivity index (χ4v) is 7.48. The maximum atomic E-state index is 14.0. The first-order chi connectivity index (χ1) is 18.3. The van der Waals surface area contributed by atoms with Crippen molar-refractivity contribution in [1.29, 1.82) is 0 Å². The summed E-state index contributed by atoms with van der Waals surface area (Å²) in [6, 6.07) is 15.3. The van der Waals surface area contributed by atoms with Crippen molar-refractivity contribution in [3.8, 4) is 0 Å². The second kappa shape index (κ2) is 8.46. The molecule has 39 heavy (non-hydrogen) atoms. The Morgan fingerprint density at radius 3 is 1.72 bits per heavy atom. The van der Waals surface area contributed by atoms with E-state index in [0.717, 1.165) is 17.0 Å². The van der Waals surface area contributed by atoms with Gasteiger partial charge in [-0.1, -0.05) is 60.1 Å². The largest absolute Gasteiger partial charge is 0.416 e. The van der Waals surface area contributed by atoms with E-state index >= 15 is 0 Å². The lowest BCUT2D eigenvalue weighted by Crippen LogP contribution is -2.57. The van der Waals surface area contributed by atoms with E-state index in [-0.39, 0.29) is 10.7 Å². The van der Waals surface area contributed by atoms with Crippen LogP contribution in [0.25, 0.3) is 0 Å². The van der Waals surface area contributed by atoms with Crippen molar-refractivity contribution in [1.82, 2.24) is 4.90 Å². The highest BCUT2D eigenvalue weighted by molar-refractivity contribution is 6.36. The summed E-state index contributed by atoms with van der Waals surface area (Å²) < 4.78 is 39.6. The molecule has 7 rings (SSSR count). The van der Waals surface area contributed by atoms with Crippen LogP contribution in [0.3, 0.4) is 0 Å². The van der Waals surface area contributed by atoms with Gasteiger partial charge in [0.1, 0.15) is 15.8 Å². The third kappa shape index (κ3) is 3.38. The molecule has 3 amide bonds. The maximum Gasteiger partial charge on any atom is 0.416 e. The summed E-state index contributed by atoms with van der Waals surface area (Å²) in [5, 5.41) is 2.19. The number of imide groups is 1. The first-order valence-corrected chi connectivity index (χ1v) is 13.1. The van der Waals surface area contributed by atoms with Crippen molar-refractivity contribution >= 4 is 58.2 Å². The molecule has 5 nitrogen and oxygen atoms in total. The number of amides is 3. The molecule has 0 unspecified atom stereocenters. The van der Waals surface area contributed by atoms with Crippen LogP contribution in [0.2, 0.25) is 5.02 Å². The SMILES string of the molecule is C[C@H](C(=O)Nc1cc(C(F)(F)F)ccc1Cl)N1C(=O)[C@@H]2[C@@H](C1=O)C1(Cl)c3ccccc3C2(Cl)c2ccccc21. The van der Waals surface area contributed by atoms with Gasteiger partial charge in [-0.05, 0) is 47.4 Å². The van der Waals surface area contributed by atoms with Gasteiger partial charge in [0.25, 0.3) is 0 Å². The molecule has 3 aliphatic carbocycles. The van der Waals surface area contributed by atoms with Gasteiger partial charge in [-0.2, -0.15) is 13.2 Å². The number of carbonyl (C=O) groups is 3. The van der Waals surface area contributed by atoms with E-state index in [1.807, 2.05) is 0 Å². The van der Waals surface area contributed by atoms with Gasteiger partial charge < -0.3 is 5.32 Å². The summed E-state index contributed by atoms with van der Waals surface area (Å²) >= 11 is 20.8. The molecule has 1 N–H and O–H groups in total. The molecule has 1 saturated heterocycles. The highest BCUT2D eigenvalue weighted by atomic mass is 35.5. The zero-order valence-corrected chi connectivity index (χ0v) is 22.3. The Morgan fingerprint density at radius 1 is 0.872 bits per heavy atom. The molecule has 0 saturated carbocycles. The van der Waals surface area contributed by atoms with Gasteiger partial charge in [0.05, 0.1) is 28.1 Å². The van der Waals surface area contributed by atoms with Gasteiger partial charge >= 0.3 is 6.18 Å². The van der Waals surface area contributed by atoms with Crippen molar-refractivity contribution in [3.63, 3.8) is 0 Å². The minimum atomic E-state index is -4.67. The van der Waals surface area contributed by atoms with E-state index in [4.69, 9.17) is 34.8 Å². The Balaban J connectivity index is 1.40. The number of halogens is 6. The van der Waals surface area contributed by atoms with Crippen LogP contribution >= 0.6 is 34.8 Å². The van der Waals surface area contributed by atoms with E-state index in [9.17, 15) is 27.6 Å². The minimum absolute atomic E-state index is 0.139. The van der Waals surface area contributed by atoms with Crippen LogP contribution in [-0.4, -0.2) is 28.7 Å². The quantitative estimate of drug-likeness (QED) is 0.287. The van der Waals surface area contributed by atoms with Gasteiger partial charge in [0.2, 0.25) is 17.7 Å². The number of hydrogen-bond acceptors (Lipinski definition) is 3. The molecule has 3 aromatic carbocycles. The van der Waals surface area contributed by atoms with Crippen molar-refractivity contribution in [2.75, 3.05) is 5.32 Å². The van der Waals surface area contributed by atoms with Crippen LogP contribution in [0.15, 0.2) is 66.7 Å². The number of rotatable bonds is 3. The van der Waals surface area contributed by atoms with Crippen LogP contribution in [0.1, 0.15) is 34.7 Å². The first-order valence-electron chi connectivity index (χ1n) is 11.9. The van der Waals surface area contributed by atoms with Crippen molar-refractivity contribution < 1.29 is 27.6 Å². The molecule has 0 spiro atoms. The molecule has 200 valence electrons. The zero-order chi connectivity index (χ0) is 28.1. The highest BCUT2D eigenvalue weighted by Gasteiger charge is 2.73. The Hall–Kier alpha value is -3.07. The summed E-state index contributed by atoms with van der Waals surface area (Å²) in [4.78, 5) is 39.1. The molecule has 1 fully saturated rings. The second-order valence-corrected chi connectivity index (χ2v) is 11.5. The molecule has 1 heterocycles. The fourth-order valence-electron chi connectivity index (χ4n) is 6.22. The average Bonchev–Trinajstić information content (AvgIpc) is 3.18. The molecule has 3 atom stereocenters. The number of carbonyl (C=O) groups excluding carboxylic acids is 3. The third-order valence-electron chi connectivity index (χ3n) is 7.94. The van der Waals surface area contributed by atoms with Gasteiger partial charge in [0.15, 0.2) is 0 Å².